The molecule has 0 radical (unpaired) electrons. The maximum absolute atomic E-state index is 10.7. The lowest BCUT2D eigenvalue weighted by molar-refractivity contribution is 0.457. The third-order valence-electron chi connectivity index (χ3n) is 4.47. The number of aromatic amines is 1. The molecule has 2 aromatic heterocycles. The first-order valence-electron chi connectivity index (χ1n) is 8.75. The molecule has 0 aliphatic heterocycles. The van der Waals surface area contributed by atoms with E-state index in [1.165, 1.54) is 0 Å². The molecule has 0 amide bonds. The van der Waals surface area contributed by atoms with Gasteiger partial charge in [0.05, 0.1) is 17.0 Å². The predicted octanol–water partition coefficient (Wildman–Crippen LogP) is 4.79. The van der Waals surface area contributed by atoms with Crippen LogP contribution in [-0.2, 0) is 0 Å². The average Bonchev–Trinajstić information content (AvgIpc) is 3.01. The van der Waals surface area contributed by atoms with Gasteiger partial charge in [-0.25, -0.2) is 4.99 Å². The molecule has 0 saturated heterocycles. The van der Waals surface area contributed by atoms with Crippen LogP contribution in [0.3, 0.4) is 0 Å². The summed E-state index contributed by atoms with van der Waals surface area (Å²) in [6.07, 6.45) is 1.74. The average molecular weight is 356 g/mol. The molecule has 2 heterocycles. The summed E-state index contributed by atoms with van der Waals surface area (Å²) < 4.78 is 0. The summed E-state index contributed by atoms with van der Waals surface area (Å²) in [4.78, 5) is 12.2. The van der Waals surface area contributed by atoms with E-state index < -0.39 is 0 Å². The van der Waals surface area contributed by atoms with Crippen LogP contribution in [0.15, 0.2) is 71.9 Å². The Labute approximate surface area is 157 Å². The fraction of sp³-hybridized carbons (Fsp3) is 0.0909. The van der Waals surface area contributed by atoms with Crippen molar-refractivity contribution in [1.29, 1.82) is 0 Å². The maximum Gasteiger partial charge on any atom is 0.199 e. The number of aromatic hydroxyl groups is 1. The number of H-pyrrole nitrogens is 1. The monoisotopic (exact) mass is 356 g/mol. The van der Waals surface area contributed by atoms with Crippen LogP contribution < -0.4 is 5.32 Å². The molecule has 0 aliphatic carbocycles. The summed E-state index contributed by atoms with van der Waals surface area (Å²) in [7, 11) is 1.87. The topological polar surface area (TPSA) is 73.3 Å². The van der Waals surface area contributed by atoms with Crippen molar-refractivity contribution in [3.63, 3.8) is 0 Å². The first kappa shape index (κ1) is 16.8. The van der Waals surface area contributed by atoms with E-state index in [2.05, 4.69) is 15.3 Å². The zero-order chi connectivity index (χ0) is 18.8. The van der Waals surface area contributed by atoms with Crippen molar-refractivity contribution in [2.75, 3.05) is 12.4 Å². The molecule has 0 saturated carbocycles. The van der Waals surface area contributed by atoms with Crippen molar-refractivity contribution < 1.29 is 5.11 Å². The fourth-order valence-electron chi connectivity index (χ4n) is 3.16. The zero-order valence-corrected chi connectivity index (χ0v) is 15.2. The summed E-state index contributed by atoms with van der Waals surface area (Å²) in [5, 5.41) is 14.8. The van der Waals surface area contributed by atoms with Crippen LogP contribution in [0.5, 0.6) is 5.88 Å². The summed E-state index contributed by atoms with van der Waals surface area (Å²) in [5.41, 5.74) is 5.83. The van der Waals surface area contributed by atoms with Gasteiger partial charge in [0.2, 0.25) is 0 Å². The highest BCUT2D eigenvalue weighted by molar-refractivity contribution is 6.22. The molecule has 3 N–H and O–H groups in total. The number of anilines is 1. The summed E-state index contributed by atoms with van der Waals surface area (Å²) in [6.45, 7) is 1.93. The number of fused-ring (bicyclic) bond motifs is 1. The summed E-state index contributed by atoms with van der Waals surface area (Å²) in [6, 6.07) is 19.6. The van der Waals surface area contributed by atoms with E-state index in [1.54, 1.807) is 6.20 Å². The van der Waals surface area contributed by atoms with Crippen molar-refractivity contribution in [3.05, 3.63) is 83.7 Å². The number of aryl methyl sites for hydroxylation is 1. The number of pyridine rings is 1. The molecule has 0 bridgehead atoms. The molecule has 4 aromatic rings. The lowest BCUT2D eigenvalue weighted by Crippen LogP contribution is -2.03. The van der Waals surface area contributed by atoms with Gasteiger partial charge in [0.1, 0.15) is 0 Å². The number of nitrogens with one attached hydrogen (secondary N) is 2. The van der Waals surface area contributed by atoms with E-state index in [1.807, 2.05) is 74.6 Å². The highest BCUT2D eigenvalue weighted by Gasteiger charge is 2.19. The van der Waals surface area contributed by atoms with E-state index in [0.29, 0.717) is 11.3 Å². The predicted molar refractivity (Wildman–Crippen MR) is 110 cm³/mol. The second-order valence-electron chi connectivity index (χ2n) is 6.34. The smallest absolute Gasteiger partial charge is 0.199 e. The standard InChI is InChI=1S/C22H20N4O/c1-14-12-17(10-11-24-14)25-21(15-6-4-3-5-7-15)20-18-13-16(23-2)8-9-19(18)26-22(20)27/h3-13,23,26-27H,1-2H3. The van der Waals surface area contributed by atoms with Gasteiger partial charge in [0.25, 0.3) is 0 Å². The minimum Gasteiger partial charge on any atom is -0.494 e. The van der Waals surface area contributed by atoms with Crippen molar-refractivity contribution in [2.45, 2.75) is 6.92 Å². The van der Waals surface area contributed by atoms with Gasteiger partial charge in [-0.05, 0) is 37.3 Å². The largest absolute Gasteiger partial charge is 0.494 e. The van der Waals surface area contributed by atoms with Gasteiger partial charge >= 0.3 is 0 Å². The Balaban J connectivity index is 2.00. The molecular formula is C22H20N4O. The van der Waals surface area contributed by atoms with Crippen LogP contribution in [0.1, 0.15) is 16.8 Å². The normalized spacial score (nSPS) is 11.7. The Morgan fingerprint density at radius 1 is 1.07 bits per heavy atom. The first-order valence-corrected chi connectivity index (χ1v) is 8.75. The van der Waals surface area contributed by atoms with Crippen LogP contribution in [-0.4, -0.2) is 27.8 Å². The second kappa shape index (κ2) is 6.96. The maximum atomic E-state index is 10.7. The highest BCUT2D eigenvalue weighted by Crippen LogP contribution is 2.33. The van der Waals surface area contributed by atoms with E-state index in [0.717, 1.165) is 33.5 Å². The van der Waals surface area contributed by atoms with Gasteiger partial charge in [-0.3, -0.25) is 4.98 Å². The third kappa shape index (κ3) is 3.27. The second-order valence-corrected chi connectivity index (χ2v) is 6.34. The number of benzene rings is 2. The van der Waals surface area contributed by atoms with Crippen LogP contribution in [0, 0.1) is 6.92 Å². The molecular weight excluding hydrogens is 336 g/mol. The van der Waals surface area contributed by atoms with Crippen molar-refractivity contribution >= 4 is 28.0 Å². The fourth-order valence-corrected chi connectivity index (χ4v) is 3.16. The Kier molecular flexibility index (Phi) is 4.34. The SMILES string of the molecule is CNc1ccc2[nH]c(O)c(C(=Nc3ccnc(C)c3)c3ccccc3)c2c1. The number of hydrogen-bond donors (Lipinski definition) is 3. The van der Waals surface area contributed by atoms with E-state index >= 15 is 0 Å². The minimum absolute atomic E-state index is 0.103. The number of rotatable bonds is 4. The van der Waals surface area contributed by atoms with Gasteiger partial charge in [-0.15, -0.1) is 0 Å². The molecule has 5 nitrogen and oxygen atoms in total. The van der Waals surface area contributed by atoms with Crippen molar-refractivity contribution in [1.82, 2.24) is 9.97 Å². The highest BCUT2D eigenvalue weighted by atomic mass is 16.3. The number of aliphatic imine (C=N–C) groups is 1. The van der Waals surface area contributed by atoms with Crippen LogP contribution >= 0.6 is 0 Å². The van der Waals surface area contributed by atoms with Gasteiger partial charge < -0.3 is 15.4 Å². The molecule has 27 heavy (non-hydrogen) atoms. The zero-order valence-electron chi connectivity index (χ0n) is 15.2. The summed E-state index contributed by atoms with van der Waals surface area (Å²) >= 11 is 0. The molecule has 4 rings (SSSR count). The van der Waals surface area contributed by atoms with E-state index in [-0.39, 0.29) is 5.88 Å². The lowest BCUT2D eigenvalue weighted by Gasteiger charge is -2.08. The molecule has 0 spiro atoms. The molecule has 2 aromatic carbocycles. The Hall–Kier alpha value is -3.60. The molecule has 5 heteroatoms. The van der Waals surface area contributed by atoms with E-state index in [9.17, 15) is 5.11 Å². The number of hydrogen-bond acceptors (Lipinski definition) is 4. The molecule has 0 fully saturated rings. The lowest BCUT2D eigenvalue weighted by atomic mass is 10.0. The number of nitrogens with zero attached hydrogens (tertiary/aromatic N) is 2. The first-order chi connectivity index (χ1) is 13.2. The Morgan fingerprint density at radius 2 is 1.89 bits per heavy atom. The summed E-state index contributed by atoms with van der Waals surface area (Å²) in [5.74, 6) is 0.103. The van der Waals surface area contributed by atoms with Crippen LogP contribution in [0.25, 0.3) is 10.9 Å². The van der Waals surface area contributed by atoms with Gasteiger partial charge in [-0.2, -0.15) is 0 Å². The molecule has 0 aliphatic rings. The number of aromatic nitrogens is 2. The molecule has 134 valence electrons. The Morgan fingerprint density at radius 3 is 2.63 bits per heavy atom. The van der Waals surface area contributed by atoms with Crippen LogP contribution in [0.4, 0.5) is 11.4 Å². The molecule has 0 unspecified atom stereocenters. The van der Waals surface area contributed by atoms with E-state index in [4.69, 9.17) is 4.99 Å². The van der Waals surface area contributed by atoms with Crippen LogP contribution in [0.2, 0.25) is 0 Å². The van der Waals surface area contributed by atoms with Crippen molar-refractivity contribution in [3.8, 4) is 5.88 Å². The third-order valence-corrected chi connectivity index (χ3v) is 4.47. The van der Waals surface area contributed by atoms with Gasteiger partial charge in [0, 0.05) is 41.1 Å². The van der Waals surface area contributed by atoms with Crippen molar-refractivity contribution in [2.24, 2.45) is 4.99 Å². The Bertz CT molecular complexity index is 1130. The van der Waals surface area contributed by atoms with Gasteiger partial charge in [-0.1, -0.05) is 30.3 Å². The molecule has 0 atom stereocenters. The minimum atomic E-state index is 0.103. The van der Waals surface area contributed by atoms with Gasteiger partial charge in [0.15, 0.2) is 5.88 Å². The quantitative estimate of drug-likeness (QED) is 0.460.